The van der Waals surface area contributed by atoms with Gasteiger partial charge in [0, 0.05) is 18.4 Å². The fraction of sp³-hybridized carbons (Fsp3) is 0.450. The number of primary sulfonamides is 1. The number of nitrogens with two attached hydrogens (primary N) is 1. The normalized spacial score (nSPS) is 20.1. The van der Waals surface area contributed by atoms with Gasteiger partial charge in [-0.3, -0.25) is 0 Å². The first-order valence-electron chi connectivity index (χ1n) is 9.88. The average molecular weight is 415 g/mol. The molecule has 1 aliphatic rings. The summed E-state index contributed by atoms with van der Waals surface area (Å²) in [5, 5.41) is 13.8. The molecule has 8 nitrogen and oxygen atoms in total. The smallest absolute Gasteiger partial charge is 0.238 e. The summed E-state index contributed by atoms with van der Waals surface area (Å²) in [4.78, 5) is 9.04. The summed E-state index contributed by atoms with van der Waals surface area (Å²) < 4.78 is 25.5. The van der Waals surface area contributed by atoms with Crippen LogP contribution in [0.25, 0.3) is 11.0 Å². The highest BCUT2D eigenvalue weighted by Crippen LogP contribution is 2.30. The van der Waals surface area contributed by atoms with Gasteiger partial charge >= 0.3 is 0 Å². The molecule has 0 radical (unpaired) electrons. The summed E-state index contributed by atoms with van der Waals surface area (Å²) in [7, 11) is -3.80. The van der Waals surface area contributed by atoms with Gasteiger partial charge in [0.2, 0.25) is 16.0 Å². The molecule has 3 aromatic rings. The Bertz CT molecular complexity index is 1130. The molecule has 2 heterocycles. The van der Waals surface area contributed by atoms with E-state index in [1.165, 1.54) is 31.7 Å². The molecule has 0 atom stereocenters. The number of anilines is 2. The number of hydrogen-bond acceptors (Lipinski definition) is 6. The quantitative estimate of drug-likeness (QED) is 0.661. The van der Waals surface area contributed by atoms with Crippen molar-refractivity contribution in [1.29, 1.82) is 0 Å². The lowest BCUT2D eigenvalue weighted by molar-refractivity contribution is 0.260. The van der Waals surface area contributed by atoms with E-state index in [-0.39, 0.29) is 4.90 Å². The Labute approximate surface area is 170 Å². The Morgan fingerprint density at radius 2 is 1.97 bits per heavy atom. The molecule has 29 heavy (non-hydrogen) atoms. The summed E-state index contributed by atoms with van der Waals surface area (Å²) in [5.41, 5.74) is 1.93. The maximum atomic E-state index is 11.8. The first kappa shape index (κ1) is 19.8. The van der Waals surface area contributed by atoms with E-state index in [4.69, 9.17) is 5.14 Å². The van der Waals surface area contributed by atoms with Crippen LogP contribution in [-0.2, 0) is 16.6 Å². The van der Waals surface area contributed by atoms with Gasteiger partial charge in [0.15, 0.2) is 5.65 Å². The van der Waals surface area contributed by atoms with Crippen LogP contribution >= 0.6 is 0 Å². The van der Waals surface area contributed by atoms with Crippen molar-refractivity contribution in [2.24, 2.45) is 17.0 Å². The molecular formula is C20H26N6O2S. The van der Waals surface area contributed by atoms with E-state index in [1.54, 1.807) is 31.5 Å². The number of rotatable bonds is 5. The maximum Gasteiger partial charge on any atom is 0.238 e. The van der Waals surface area contributed by atoms with Gasteiger partial charge in [-0.05, 0) is 49.3 Å². The molecular weight excluding hydrogens is 388 g/mol. The van der Waals surface area contributed by atoms with Gasteiger partial charge in [0.1, 0.15) is 0 Å². The van der Waals surface area contributed by atoms with Gasteiger partial charge in [0.25, 0.3) is 0 Å². The first-order chi connectivity index (χ1) is 13.8. The Hall–Kier alpha value is -2.52. The molecule has 154 valence electrons. The molecule has 1 aliphatic carbocycles. The number of nitrogens with zero attached hydrogens (tertiary/aromatic N) is 4. The fourth-order valence-electron chi connectivity index (χ4n) is 3.93. The highest BCUT2D eigenvalue weighted by Gasteiger charge is 2.20. The third-order valence-corrected chi connectivity index (χ3v) is 6.75. The lowest BCUT2D eigenvalue weighted by Crippen LogP contribution is -2.18. The van der Waals surface area contributed by atoms with Crippen LogP contribution < -0.4 is 10.5 Å². The SMILES string of the molecule is Cc1ccc(Nc2ncc3cnn(C[C@H]4CC[C@@H](C)CC4)c3n2)cc1S(N)(=O)=O. The molecule has 0 saturated heterocycles. The van der Waals surface area contributed by atoms with E-state index in [0.717, 1.165) is 23.5 Å². The number of hydrogen-bond donors (Lipinski definition) is 2. The van der Waals surface area contributed by atoms with Gasteiger partial charge in [-0.2, -0.15) is 10.1 Å². The molecule has 1 saturated carbocycles. The number of benzene rings is 1. The Morgan fingerprint density at radius 1 is 1.21 bits per heavy atom. The monoisotopic (exact) mass is 414 g/mol. The standard InChI is InChI=1S/C20H26N6O2S/c1-13-3-6-15(7-4-13)12-26-19-16(11-23-26)10-22-20(25-19)24-17-8-5-14(2)18(9-17)29(21,27)28/h5,8-11,13,15H,3-4,6-7,12H2,1-2H3,(H2,21,27,28)(H,22,24,25)/t13-,15+. The largest absolute Gasteiger partial charge is 0.324 e. The van der Waals surface area contributed by atoms with Crippen LogP contribution in [0.5, 0.6) is 0 Å². The Morgan fingerprint density at radius 3 is 2.69 bits per heavy atom. The van der Waals surface area contributed by atoms with Crippen molar-refractivity contribution < 1.29 is 8.42 Å². The van der Waals surface area contributed by atoms with Crippen LogP contribution in [0.3, 0.4) is 0 Å². The summed E-state index contributed by atoms with van der Waals surface area (Å²) in [5.74, 6) is 1.83. The van der Waals surface area contributed by atoms with Gasteiger partial charge in [-0.15, -0.1) is 0 Å². The molecule has 2 aromatic heterocycles. The van der Waals surface area contributed by atoms with Crippen molar-refractivity contribution in [2.75, 3.05) is 5.32 Å². The van der Waals surface area contributed by atoms with Crippen LogP contribution in [0.15, 0.2) is 35.5 Å². The van der Waals surface area contributed by atoms with Crippen LogP contribution in [0.4, 0.5) is 11.6 Å². The predicted octanol–water partition coefficient (Wildman–Crippen LogP) is 3.35. The second kappa shape index (κ2) is 7.72. The topological polar surface area (TPSA) is 116 Å². The van der Waals surface area contributed by atoms with Gasteiger partial charge in [-0.1, -0.05) is 25.8 Å². The van der Waals surface area contributed by atoms with E-state index >= 15 is 0 Å². The van der Waals surface area contributed by atoms with Gasteiger partial charge < -0.3 is 5.32 Å². The van der Waals surface area contributed by atoms with Crippen LogP contribution in [0.1, 0.15) is 38.2 Å². The summed E-state index contributed by atoms with van der Waals surface area (Å²) >= 11 is 0. The summed E-state index contributed by atoms with van der Waals surface area (Å²) in [6, 6.07) is 4.98. The zero-order chi connectivity index (χ0) is 20.6. The third-order valence-electron chi connectivity index (χ3n) is 5.69. The molecule has 0 unspecified atom stereocenters. The number of sulfonamides is 1. The molecule has 1 aromatic carbocycles. The predicted molar refractivity (Wildman–Crippen MR) is 112 cm³/mol. The van der Waals surface area contributed by atoms with Crippen molar-refractivity contribution in [3.8, 4) is 0 Å². The first-order valence-corrected chi connectivity index (χ1v) is 11.4. The zero-order valence-electron chi connectivity index (χ0n) is 16.7. The molecule has 3 N–H and O–H groups in total. The zero-order valence-corrected chi connectivity index (χ0v) is 17.5. The van der Waals surface area contributed by atoms with Crippen molar-refractivity contribution in [3.63, 3.8) is 0 Å². The highest BCUT2D eigenvalue weighted by molar-refractivity contribution is 7.89. The molecule has 0 amide bonds. The lowest BCUT2D eigenvalue weighted by atomic mass is 9.83. The van der Waals surface area contributed by atoms with E-state index in [2.05, 4.69) is 27.3 Å². The molecule has 0 aliphatic heterocycles. The van der Waals surface area contributed by atoms with Crippen molar-refractivity contribution in [3.05, 3.63) is 36.2 Å². The van der Waals surface area contributed by atoms with Crippen molar-refractivity contribution in [1.82, 2.24) is 19.7 Å². The van der Waals surface area contributed by atoms with Gasteiger partial charge in [0.05, 0.1) is 16.5 Å². The van der Waals surface area contributed by atoms with E-state index in [0.29, 0.717) is 23.1 Å². The Kier molecular flexibility index (Phi) is 5.26. The van der Waals surface area contributed by atoms with E-state index in [9.17, 15) is 8.42 Å². The number of aryl methyl sites for hydroxylation is 1. The number of fused-ring (bicyclic) bond motifs is 1. The summed E-state index contributed by atoms with van der Waals surface area (Å²) in [6.07, 6.45) is 8.50. The lowest BCUT2D eigenvalue weighted by Gasteiger charge is -2.26. The molecule has 0 spiro atoms. The summed E-state index contributed by atoms with van der Waals surface area (Å²) in [6.45, 7) is 4.88. The second-order valence-electron chi connectivity index (χ2n) is 8.08. The van der Waals surface area contributed by atoms with Crippen molar-refractivity contribution in [2.45, 2.75) is 51.0 Å². The van der Waals surface area contributed by atoms with E-state index in [1.807, 2.05) is 4.68 Å². The molecule has 1 fully saturated rings. The number of aromatic nitrogens is 4. The minimum Gasteiger partial charge on any atom is -0.324 e. The molecule has 4 rings (SSSR count). The number of nitrogens with one attached hydrogen (secondary N) is 1. The van der Waals surface area contributed by atoms with Crippen LogP contribution in [0.2, 0.25) is 0 Å². The van der Waals surface area contributed by atoms with Crippen LogP contribution in [-0.4, -0.2) is 28.2 Å². The minimum absolute atomic E-state index is 0.0835. The average Bonchev–Trinajstić information content (AvgIpc) is 3.06. The van der Waals surface area contributed by atoms with E-state index < -0.39 is 10.0 Å². The third kappa shape index (κ3) is 4.40. The molecule has 9 heteroatoms. The minimum atomic E-state index is -3.80. The fourth-order valence-corrected chi connectivity index (χ4v) is 4.74. The second-order valence-corrected chi connectivity index (χ2v) is 9.61. The van der Waals surface area contributed by atoms with Crippen LogP contribution in [0, 0.1) is 18.8 Å². The maximum absolute atomic E-state index is 11.8. The highest BCUT2D eigenvalue weighted by atomic mass is 32.2. The van der Waals surface area contributed by atoms with Gasteiger partial charge in [-0.25, -0.2) is 23.2 Å². The Balaban J connectivity index is 1.58. The van der Waals surface area contributed by atoms with Crippen molar-refractivity contribution >= 4 is 32.7 Å². The molecule has 0 bridgehead atoms.